The van der Waals surface area contributed by atoms with Gasteiger partial charge in [-0.1, -0.05) is 71.1 Å². The largest absolute Gasteiger partial charge is 0.460 e. The summed E-state index contributed by atoms with van der Waals surface area (Å²) in [5.74, 6) is -7.89. The van der Waals surface area contributed by atoms with Crippen LogP contribution in [0.15, 0.2) is 53.9 Å². The van der Waals surface area contributed by atoms with Crippen molar-refractivity contribution in [3.63, 3.8) is 0 Å². The lowest BCUT2D eigenvalue weighted by molar-refractivity contribution is -0.265. The first-order chi connectivity index (χ1) is 32.8. The number of rotatable bonds is 7. The molecule has 1 aromatic rings. The number of allylic oxidation sites excluding steroid dienone is 6. The Kier molecular flexibility index (Phi) is 20.8. The number of amides is 1. The summed E-state index contributed by atoms with van der Waals surface area (Å²) < 4.78 is 31.6. The normalized spacial score (nSPS) is 36.3. The number of aromatic nitrogens is 4. The van der Waals surface area contributed by atoms with Crippen molar-refractivity contribution < 1.29 is 57.9 Å². The summed E-state index contributed by atoms with van der Waals surface area (Å²) in [5, 5.41) is 35.2. The molecular weight excluding hydrogens is 887 g/mol. The van der Waals surface area contributed by atoms with Gasteiger partial charge in [0.15, 0.2) is 11.6 Å². The minimum absolute atomic E-state index is 0.0197. The molecule has 2 saturated heterocycles. The SMILES string of the molecule is COC1C[C@@H]2CC[C@@H](C)[C@@](O)(O2)C(=O)C(=O)N2CCCC[C@H]2C(=O)O[C@H]([C@H](C)CC2CC[C@H](n3cnnn3)[C@H](OC)C2)CC(=O)C(C)=CC(C)[C@@H](O)[C@@H](OC)C(=O)[C@@H](C)C[C@H](C)C=CC=CC=C1C. The summed E-state index contributed by atoms with van der Waals surface area (Å²) in [6.07, 6.45) is 14.0. The molecule has 1 aliphatic carbocycles. The molecule has 69 heavy (non-hydrogen) atoms. The zero-order chi connectivity index (χ0) is 50.6. The Labute approximate surface area is 408 Å². The summed E-state index contributed by atoms with van der Waals surface area (Å²) in [6, 6.07) is -1.20. The van der Waals surface area contributed by atoms with E-state index >= 15 is 0 Å². The van der Waals surface area contributed by atoms with E-state index in [1.165, 1.54) is 12.0 Å². The molecule has 384 valence electrons. The van der Waals surface area contributed by atoms with Crippen LogP contribution in [-0.2, 0) is 47.7 Å². The lowest BCUT2D eigenvalue weighted by Crippen LogP contribution is -2.61. The van der Waals surface area contributed by atoms with E-state index in [-0.39, 0.29) is 60.9 Å². The number of hydrogen-bond donors (Lipinski definition) is 2. The number of carbonyl (C=O) groups excluding carboxylic acids is 5. The van der Waals surface area contributed by atoms with Gasteiger partial charge in [-0.2, -0.15) is 0 Å². The highest BCUT2D eigenvalue weighted by Gasteiger charge is 2.53. The van der Waals surface area contributed by atoms with Crippen molar-refractivity contribution >= 4 is 29.2 Å². The van der Waals surface area contributed by atoms with Crippen LogP contribution >= 0.6 is 0 Å². The van der Waals surface area contributed by atoms with E-state index < -0.39 is 77.8 Å². The Balaban J connectivity index is 1.46. The Morgan fingerprint density at radius 2 is 1.65 bits per heavy atom. The minimum atomic E-state index is -2.43. The number of nitrogens with zero attached hydrogens (tertiary/aromatic N) is 5. The number of aliphatic hydroxyl groups is 2. The summed E-state index contributed by atoms with van der Waals surface area (Å²) in [7, 11) is 4.63. The van der Waals surface area contributed by atoms with E-state index in [0.717, 1.165) is 18.4 Å². The summed E-state index contributed by atoms with van der Waals surface area (Å²) in [6.45, 7) is 12.8. The number of piperidine rings is 1. The van der Waals surface area contributed by atoms with Gasteiger partial charge in [0.2, 0.25) is 5.79 Å². The molecule has 2 N–H and O–H groups in total. The quantitative estimate of drug-likeness (QED) is 0.235. The van der Waals surface area contributed by atoms with Crippen molar-refractivity contribution in [1.29, 1.82) is 0 Å². The first-order valence-electron chi connectivity index (χ1n) is 25.0. The van der Waals surface area contributed by atoms with Crippen LogP contribution in [0.2, 0.25) is 0 Å². The third kappa shape index (κ3) is 14.2. The molecule has 0 radical (unpaired) electrons. The van der Waals surface area contributed by atoms with E-state index in [0.29, 0.717) is 56.9 Å². The number of tetrazole rings is 1. The van der Waals surface area contributed by atoms with E-state index in [2.05, 4.69) is 15.5 Å². The van der Waals surface area contributed by atoms with Crippen molar-refractivity contribution in [2.24, 2.45) is 35.5 Å². The van der Waals surface area contributed by atoms with Gasteiger partial charge in [0.25, 0.3) is 11.7 Å². The molecule has 1 aromatic heterocycles. The van der Waals surface area contributed by atoms with Crippen molar-refractivity contribution in [1.82, 2.24) is 25.1 Å². The first-order valence-corrected chi connectivity index (χ1v) is 25.0. The zero-order valence-corrected chi connectivity index (χ0v) is 42.5. The fraction of sp³-hybridized carbons (Fsp3) is 0.731. The zero-order valence-electron chi connectivity index (χ0n) is 42.5. The number of carbonyl (C=O) groups is 5. The number of aliphatic hydroxyl groups excluding tert-OH is 1. The molecule has 5 rings (SSSR count). The number of fused-ring (bicyclic) bond motifs is 3. The standard InChI is InChI=1S/C52H79N5O12/c1-31-16-12-11-13-17-32(2)43(65-8)28-39-21-19-37(7)52(64,69-39)49(61)50(62)56-23-15-14-18-41(56)51(63)68-44(34(4)26-38-20-22-40(45(27-38)66-9)57-30-53-54-55-57)29-42(58)33(3)25-36(6)47(60)48(67-10)46(59)35(5)24-31/h11-13,16-17,25,30-31,34-41,43-45,47-48,60,64H,14-15,18-24,26-29H2,1-10H3/t31-,34-,35+,36?,37-,38?,39+,40+,41+,43?,44+,45-,47-,48+,52-/m1/s1. The predicted molar refractivity (Wildman–Crippen MR) is 256 cm³/mol. The molecule has 3 unspecified atom stereocenters. The topological polar surface area (TPSA) is 219 Å². The van der Waals surface area contributed by atoms with Gasteiger partial charge in [-0.15, -0.1) is 5.10 Å². The fourth-order valence-electron chi connectivity index (χ4n) is 10.8. The maximum absolute atomic E-state index is 14.5. The molecule has 15 atom stereocenters. The lowest BCUT2D eigenvalue weighted by atomic mass is 9.77. The van der Waals surface area contributed by atoms with Gasteiger partial charge >= 0.3 is 5.97 Å². The molecule has 4 heterocycles. The van der Waals surface area contributed by atoms with Crippen LogP contribution in [0.25, 0.3) is 0 Å². The maximum atomic E-state index is 14.5. The Hall–Kier alpha value is -4.26. The molecule has 0 spiro atoms. The molecule has 3 fully saturated rings. The number of methoxy groups -OCH3 is 3. The van der Waals surface area contributed by atoms with Gasteiger partial charge in [-0.05, 0) is 117 Å². The Morgan fingerprint density at radius 3 is 2.33 bits per heavy atom. The highest BCUT2D eigenvalue weighted by atomic mass is 16.6. The Bertz CT molecular complexity index is 2020. The third-order valence-electron chi connectivity index (χ3n) is 15.2. The molecule has 17 nitrogen and oxygen atoms in total. The second-order valence-corrected chi connectivity index (χ2v) is 20.4. The Morgan fingerprint density at radius 1 is 0.899 bits per heavy atom. The van der Waals surface area contributed by atoms with Crippen molar-refractivity contribution in [3.8, 4) is 0 Å². The summed E-state index contributed by atoms with van der Waals surface area (Å²) >= 11 is 0. The molecule has 0 aromatic carbocycles. The molecule has 1 amide bonds. The maximum Gasteiger partial charge on any atom is 0.329 e. The van der Waals surface area contributed by atoms with Crippen molar-refractivity contribution in [2.75, 3.05) is 27.9 Å². The highest BCUT2D eigenvalue weighted by molar-refractivity contribution is 6.39. The molecule has 3 aliphatic heterocycles. The number of esters is 1. The van der Waals surface area contributed by atoms with Crippen LogP contribution < -0.4 is 0 Å². The predicted octanol–water partition coefficient (Wildman–Crippen LogP) is 6.05. The summed E-state index contributed by atoms with van der Waals surface area (Å²) in [4.78, 5) is 72.3. The average molecular weight is 966 g/mol. The monoisotopic (exact) mass is 966 g/mol. The van der Waals surface area contributed by atoms with Gasteiger partial charge in [-0.3, -0.25) is 19.2 Å². The number of Topliss-reactive ketones (excluding diaryl/α,β-unsaturated/α-hetero) is 3. The van der Waals surface area contributed by atoms with Crippen molar-refractivity contribution in [3.05, 3.63) is 53.9 Å². The number of ketones is 3. The van der Waals surface area contributed by atoms with E-state index in [4.69, 9.17) is 23.7 Å². The second kappa shape index (κ2) is 25.7. The average Bonchev–Trinajstić information content (AvgIpc) is 3.88. The summed E-state index contributed by atoms with van der Waals surface area (Å²) in [5.41, 5.74) is 1.20. The van der Waals surface area contributed by atoms with Crippen LogP contribution in [0, 0.1) is 35.5 Å². The van der Waals surface area contributed by atoms with Crippen LogP contribution in [-0.4, -0.2) is 141 Å². The van der Waals surface area contributed by atoms with E-state index in [1.54, 1.807) is 52.1 Å². The molecule has 1 saturated carbocycles. The van der Waals surface area contributed by atoms with Crippen LogP contribution in [0.4, 0.5) is 0 Å². The second-order valence-electron chi connectivity index (χ2n) is 20.4. The fourth-order valence-corrected chi connectivity index (χ4v) is 10.8. The van der Waals surface area contributed by atoms with Gasteiger partial charge < -0.3 is 38.8 Å². The minimum Gasteiger partial charge on any atom is -0.460 e. The molecular formula is C52H79N5O12. The van der Waals surface area contributed by atoms with E-state index in [1.807, 2.05) is 58.1 Å². The molecule has 4 aliphatic rings. The molecule has 17 heteroatoms. The van der Waals surface area contributed by atoms with Gasteiger partial charge in [-0.25, -0.2) is 9.48 Å². The molecule has 2 bridgehead atoms. The number of hydrogen-bond acceptors (Lipinski definition) is 15. The number of ether oxygens (including phenoxy) is 5. The lowest BCUT2D eigenvalue weighted by Gasteiger charge is -2.42. The van der Waals surface area contributed by atoms with Gasteiger partial charge in [0, 0.05) is 58.5 Å². The third-order valence-corrected chi connectivity index (χ3v) is 15.2. The van der Waals surface area contributed by atoms with Crippen LogP contribution in [0.3, 0.4) is 0 Å². The number of cyclic esters (lactones) is 1. The van der Waals surface area contributed by atoms with E-state index in [9.17, 15) is 34.2 Å². The van der Waals surface area contributed by atoms with Crippen molar-refractivity contribution in [2.45, 2.75) is 180 Å². The first kappa shape index (κ1) is 55.7. The van der Waals surface area contributed by atoms with Crippen LogP contribution in [0.5, 0.6) is 0 Å². The highest BCUT2D eigenvalue weighted by Crippen LogP contribution is 2.39. The van der Waals surface area contributed by atoms with Gasteiger partial charge in [0.05, 0.1) is 30.5 Å². The van der Waals surface area contributed by atoms with Crippen LogP contribution in [0.1, 0.15) is 132 Å². The van der Waals surface area contributed by atoms with Gasteiger partial charge in [0.1, 0.15) is 24.6 Å². The smallest absolute Gasteiger partial charge is 0.329 e.